The van der Waals surface area contributed by atoms with Crippen LogP contribution in [0, 0.1) is 0 Å². The summed E-state index contributed by atoms with van der Waals surface area (Å²) in [7, 11) is 1.49. The van der Waals surface area contributed by atoms with Gasteiger partial charge in [0.1, 0.15) is 5.82 Å². The van der Waals surface area contributed by atoms with Gasteiger partial charge in [-0.1, -0.05) is 13.3 Å². The summed E-state index contributed by atoms with van der Waals surface area (Å²) in [6.45, 7) is 4.55. The highest BCUT2D eigenvalue weighted by molar-refractivity contribution is 5.95. The van der Waals surface area contributed by atoms with Crippen molar-refractivity contribution >= 4 is 5.91 Å². The molecule has 1 unspecified atom stereocenters. The lowest BCUT2D eigenvalue weighted by atomic mass is 9.96. The molecule has 2 heterocycles. The van der Waals surface area contributed by atoms with Crippen molar-refractivity contribution < 1.29 is 14.6 Å². The van der Waals surface area contributed by atoms with Crippen LogP contribution >= 0.6 is 0 Å². The van der Waals surface area contributed by atoms with Crippen LogP contribution in [0.1, 0.15) is 54.7 Å². The Balaban J connectivity index is 1.73. The van der Waals surface area contributed by atoms with Crippen molar-refractivity contribution in [3.8, 4) is 11.5 Å². The van der Waals surface area contributed by atoms with Crippen molar-refractivity contribution in [1.29, 1.82) is 0 Å². The van der Waals surface area contributed by atoms with E-state index >= 15 is 0 Å². The Bertz CT molecular complexity index is 757. The standard InChI is InChI=1S/C20H27N3O3/c1-3-4-10-22-12-9-21-19(22)16-6-5-11-23(14-16)20(25)15-7-8-18(26-2)17(24)13-15/h7-9,12-13,16,24H,3-6,10-11,14H2,1-2H3. The quantitative estimate of drug-likeness (QED) is 0.860. The van der Waals surface area contributed by atoms with Gasteiger partial charge in [-0.15, -0.1) is 0 Å². The number of carbonyl (C=O) groups is 1. The number of hydrogen-bond acceptors (Lipinski definition) is 4. The third-order valence-corrected chi connectivity index (χ3v) is 5.00. The SMILES string of the molecule is CCCCn1ccnc1C1CCCN(C(=O)c2ccc(OC)c(O)c2)C1. The first-order valence-electron chi connectivity index (χ1n) is 9.31. The second kappa shape index (κ2) is 8.25. The van der Waals surface area contributed by atoms with Gasteiger partial charge in [0.05, 0.1) is 7.11 Å². The van der Waals surface area contributed by atoms with E-state index in [-0.39, 0.29) is 17.6 Å². The Morgan fingerprint density at radius 3 is 3.00 bits per heavy atom. The Kier molecular flexibility index (Phi) is 5.81. The number of methoxy groups -OCH3 is 1. The lowest BCUT2D eigenvalue weighted by Crippen LogP contribution is -2.39. The predicted octanol–water partition coefficient (Wildman–Crippen LogP) is 3.42. The number of amides is 1. The molecule has 0 saturated carbocycles. The number of aromatic nitrogens is 2. The summed E-state index contributed by atoms with van der Waals surface area (Å²) in [4.78, 5) is 19.3. The number of rotatable bonds is 6. The number of benzene rings is 1. The molecule has 2 aromatic rings. The van der Waals surface area contributed by atoms with E-state index in [0.717, 1.165) is 44.6 Å². The largest absolute Gasteiger partial charge is 0.504 e. The average molecular weight is 357 g/mol. The number of likely N-dealkylation sites (tertiary alicyclic amines) is 1. The van der Waals surface area contributed by atoms with Gasteiger partial charge >= 0.3 is 0 Å². The van der Waals surface area contributed by atoms with E-state index in [9.17, 15) is 9.90 Å². The summed E-state index contributed by atoms with van der Waals surface area (Å²) in [6, 6.07) is 4.81. The second-order valence-electron chi connectivity index (χ2n) is 6.81. The number of imidazole rings is 1. The fourth-order valence-electron chi connectivity index (χ4n) is 3.58. The van der Waals surface area contributed by atoms with Crippen molar-refractivity contribution in [3.05, 3.63) is 42.0 Å². The Morgan fingerprint density at radius 2 is 2.27 bits per heavy atom. The average Bonchev–Trinajstić information content (AvgIpc) is 3.14. The van der Waals surface area contributed by atoms with Crippen LogP contribution in [0.3, 0.4) is 0 Å². The van der Waals surface area contributed by atoms with E-state index in [2.05, 4.69) is 16.5 Å². The number of aromatic hydroxyl groups is 1. The number of phenolic OH excluding ortho intramolecular Hbond substituents is 1. The maximum atomic E-state index is 12.9. The van der Waals surface area contributed by atoms with Crippen LogP contribution in [0.25, 0.3) is 0 Å². The first-order valence-corrected chi connectivity index (χ1v) is 9.31. The Hall–Kier alpha value is -2.50. The molecule has 1 atom stereocenters. The minimum absolute atomic E-state index is 0.0120. The predicted molar refractivity (Wildman–Crippen MR) is 99.7 cm³/mol. The highest BCUT2D eigenvalue weighted by Crippen LogP contribution is 2.30. The van der Waals surface area contributed by atoms with Crippen LogP contribution in [-0.2, 0) is 6.54 Å². The number of ether oxygens (including phenoxy) is 1. The van der Waals surface area contributed by atoms with Gasteiger partial charge in [-0.3, -0.25) is 4.79 Å². The van der Waals surface area contributed by atoms with Crippen LogP contribution in [0.15, 0.2) is 30.6 Å². The van der Waals surface area contributed by atoms with Gasteiger partial charge in [-0.05, 0) is 37.5 Å². The molecule has 0 radical (unpaired) electrons. The monoisotopic (exact) mass is 357 g/mol. The number of nitrogens with zero attached hydrogens (tertiary/aromatic N) is 3. The topological polar surface area (TPSA) is 67.6 Å². The van der Waals surface area contributed by atoms with Crippen molar-refractivity contribution in [1.82, 2.24) is 14.5 Å². The molecule has 1 N–H and O–H groups in total. The summed E-state index contributed by atoms with van der Waals surface area (Å²) in [5.74, 6) is 1.64. The van der Waals surface area contributed by atoms with Crippen molar-refractivity contribution in [2.75, 3.05) is 20.2 Å². The maximum Gasteiger partial charge on any atom is 0.254 e. The molecular weight excluding hydrogens is 330 g/mol. The Morgan fingerprint density at radius 1 is 1.42 bits per heavy atom. The third kappa shape index (κ3) is 3.84. The van der Waals surface area contributed by atoms with Gasteiger partial charge in [0.15, 0.2) is 11.5 Å². The molecule has 1 aliphatic heterocycles. The normalized spacial score (nSPS) is 17.3. The summed E-state index contributed by atoms with van der Waals surface area (Å²) in [5, 5.41) is 9.95. The molecule has 1 aromatic carbocycles. The van der Waals surface area contributed by atoms with E-state index in [1.54, 1.807) is 12.1 Å². The third-order valence-electron chi connectivity index (χ3n) is 5.00. The lowest BCUT2D eigenvalue weighted by Gasteiger charge is -2.33. The van der Waals surface area contributed by atoms with Crippen LogP contribution in [0.2, 0.25) is 0 Å². The number of piperidine rings is 1. The highest BCUT2D eigenvalue weighted by Gasteiger charge is 2.28. The molecule has 1 fully saturated rings. The number of aryl methyl sites for hydroxylation is 1. The summed E-state index contributed by atoms with van der Waals surface area (Å²) < 4.78 is 7.27. The molecule has 26 heavy (non-hydrogen) atoms. The smallest absolute Gasteiger partial charge is 0.254 e. The zero-order valence-electron chi connectivity index (χ0n) is 15.5. The van der Waals surface area contributed by atoms with Crippen molar-refractivity contribution in [2.24, 2.45) is 0 Å². The van der Waals surface area contributed by atoms with Crippen LogP contribution < -0.4 is 4.74 Å². The molecule has 0 aliphatic carbocycles. The summed E-state index contributed by atoms with van der Waals surface area (Å²) in [5.41, 5.74) is 0.485. The van der Waals surface area contributed by atoms with Crippen molar-refractivity contribution in [3.63, 3.8) is 0 Å². The van der Waals surface area contributed by atoms with E-state index in [1.807, 2.05) is 17.3 Å². The van der Waals surface area contributed by atoms with Gasteiger partial charge in [-0.2, -0.15) is 0 Å². The number of phenols is 1. The maximum absolute atomic E-state index is 12.9. The van der Waals surface area contributed by atoms with E-state index < -0.39 is 0 Å². The minimum atomic E-state index is -0.0562. The van der Waals surface area contributed by atoms with Crippen molar-refractivity contribution in [2.45, 2.75) is 45.1 Å². The van der Waals surface area contributed by atoms with E-state index in [4.69, 9.17) is 4.74 Å². The van der Waals surface area contributed by atoms with Gasteiger partial charge in [0.25, 0.3) is 5.91 Å². The number of carbonyl (C=O) groups excluding carboxylic acids is 1. The highest BCUT2D eigenvalue weighted by atomic mass is 16.5. The summed E-state index contributed by atoms with van der Waals surface area (Å²) >= 11 is 0. The van der Waals surface area contributed by atoms with Crippen LogP contribution in [0.4, 0.5) is 0 Å². The zero-order chi connectivity index (χ0) is 18.5. The molecular formula is C20H27N3O3. The van der Waals surface area contributed by atoms with E-state index in [0.29, 0.717) is 17.9 Å². The molecule has 1 aromatic heterocycles. The molecule has 140 valence electrons. The van der Waals surface area contributed by atoms with Gasteiger partial charge in [-0.25, -0.2) is 4.98 Å². The fraction of sp³-hybridized carbons (Fsp3) is 0.500. The number of unbranched alkanes of at least 4 members (excludes halogenated alkanes) is 1. The van der Waals surface area contributed by atoms with E-state index in [1.165, 1.54) is 13.2 Å². The number of hydrogen-bond donors (Lipinski definition) is 1. The van der Waals surface area contributed by atoms with Crippen LogP contribution in [0.5, 0.6) is 11.5 Å². The zero-order valence-corrected chi connectivity index (χ0v) is 15.5. The second-order valence-corrected chi connectivity index (χ2v) is 6.81. The molecule has 0 spiro atoms. The summed E-state index contributed by atoms with van der Waals surface area (Å²) in [6.07, 6.45) is 8.16. The molecule has 0 bridgehead atoms. The van der Waals surface area contributed by atoms with Gasteiger partial charge < -0.3 is 19.3 Å². The molecule has 1 amide bonds. The molecule has 1 saturated heterocycles. The Labute approximate surface area is 154 Å². The van der Waals surface area contributed by atoms with Gasteiger partial charge in [0.2, 0.25) is 0 Å². The van der Waals surface area contributed by atoms with Gasteiger partial charge in [0, 0.05) is 43.5 Å². The fourth-order valence-corrected chi connectivity index (χ4v) is 3.58. The first kappa shape index (κ1) is 18.3. The molecule has 1 aliphatic rings. The van der Waals surface area contributed by atoms with Crippen LogP contribution in [-0.4, -0.2) is 45.7 Å². The molecule has 6 nitrogen and oxygen atoms in total. The molecule has 6 heteroatoms. The lowest BCUT2D eigenvalue weighted by molar-refractivity contribution is 0.0702. The molecule has 3 rings (SSSR count). The minimum Gasteiger partial charge on any atom is -0.504 e. The first-order chi connectivity index (χ1) is 12.6.